The highest BCUT2D eigenvalue weighted by molar-refractivity contribution is 4.85. The average molecular weight is 280 g/mol. The van der Waals surface area contributed by atoms with E-state index in [-0.39, 0.29) is 0 Å². The Labute approximate surface area is 127 Å². The number of hydrogen-bond acceptors (Lipinski definition) is 1. The van der Waals surface area contributed by atoms with Crippen molar-refractivity contribution in [3.63, 3.8) is 0 Å². The number of rotatable bonds is 7. The molecule has 0 aromatic rings. The molecule has 0 aliphatic heterocycles. The van der Waals surface area contributed by atoms with Gasteiger partial charge in [0.2, 0.25) is 0 Å². The van der Waals surface area contributed by atoms with Crippen LogP contribution < -0.4 is 5.32 Å². The zero-order valence-corrected chi connectivity index (χ0v) is 14.2. The number of hydrogen-bond donors (Lipinski definition) is 1. The minimum atomic E-state index is 0.806. The van der Waals surface area contributed by atoms with Crippen molar-refractivity contribution in [3.8, 4) is 0 Å². The Bertz CT molecular complexity index is 246. The van der Waals surface area contributed by atoms with Crippen molar-refractivity contribution in [2.45, 2.75) is 91.0 Å². The summed E-state index contributed by atoms with van der Waals surface area (Å²) in [7, 11) is 0. The lowest BCUT2D eigenvalue weighted by Crippen LogP contribution is -2.40. The van der Waals surface area contributed by atoms with E-state index < -0.39 is 0 Å². The lowest BCUT2D eigenvalue weighted by atomic mass is 9.72. The lowest BCUT2D eigenvalue weighted by Gasteiger charge is -2.37. The largest absolute Gasteiger partial charge is 0.314 e. The first kappa shape index (κ1) is 16.3. The summed E-state index contributed by atoms with van der Waals surface area (Å²) in [6.45, 7) is 8.45. The van der Waals surface area contributed by atoms with Crippen LogP contribution in [0.25, 0.3) is 0 Å². The second-order valence-corrected chi connectivity index (χ2v) is 7.97. The van der Waals surface area contributed by atoms with Gasteiger partial charge in [-0.05, 0) is 68.7 Å². The predicted molar refractivity (Wildman–Crippen MR) is 88.9 cm³/mol. The van der Waals surface area contributed by atoms with Crippen LogP contribution in [0.4, 0.5) is 0 Å². The Morgan fingerprint density at radius 2 is 1.65 bits per heavy atom. The first-order valence-corrected chi connectivity index (χ1v) is 9.42. The van der Waals surface area contributed by atoms with Gasteiger partial charge in [-0.3, -0.25) is 0 Å². The molecule has 0 bridgehead atoms. The fourth-order valence-corrected chi connectivity index (χ4v) is 4.89. The summed E-state index contributed by atoms with van der Waals surface area (Å²) in [6, 6.07) is 0.806. The van der Waals surface area contributed by atoms with Crippen molar-refractivity contribution in [1.29, 1.82) is 0 Å². The standard InChI is InChI=1S/C19H37N/c1-4-11-20-19(10-9-17-7-5-6-8-17)18-13-15(2)12-16(3)14-18/h15-20H,4-14H2,1-3H3. The molecule has 3 atom stereocenters. The van der Waals surface area contributed by atoms with Crippen molar-refractivity contribution in [2.75, 3.05) is 6.54 Å². The smallest absolute Gasteiger partial charge is 0.00956 e. The number of nitrogens with one attached hydrogen (secondary N) is 1. The molecule has 0 saturated heterocycles. The summed E-state index contributed by atoms with van der Waals surface area (Å²) in [4.78, 5) is 0. The Hall–Kier alpha value is -0.0400. The zero-order valence-electron chi connectivity index (χ0n) is 14.2. The molecule has 2 rings (SSSR count). The van der Waals surface area contributed by atoms with Crippen molar-refractivity contribution in [1.82, 2.24) is 5.32 Å². The molecule has 3 unspecified atom stereocenters. The lowest BCUT2D eigenvalue weighted by molar-refractivity contribution is 0.166. The van der Waals surface area contributed by atoms with Gasteiger partial charge in [0.25, 0.3) is 0 Å². The topological polar surface area (TPSA) is 12.0 Å². The molecule has 1 heteroatoms. The summed E-state index contributed by atoms with van der Waals surface area (Å²) >= 11 is 0. The Kier molecular flexibility index (Phi) is 6.87. The highest BCUT2D eigenvalue weighted by Gasteiger charge is 2.30. The molecule has 0 amide bonds. The molecular formula is C19H37N. The molecular weight excluding hydrogens is 242 g/mol. The molecule has 0 heterocycles. The van der Waals surface area contributed by atoms with E-state index in [1.54, 1.807) is 0 Å². The Morgan fingerprint density at radius 3 is 2.25 bits per heavy atom. The van der Waals surface area contributed by atoms with Crippen LogP contribution in [0.1, 0.15) is 85.0 Å². The quantitative estimate of drug-likeness (QED) is 0.658. The van der Waals surface area contributed by atoms with Gasteiger partial charge < -0.3 is 5.32 Å². The van der Waals surface area contributed by atoms with E-state index >= 15 is 0 Å². The van der Waals surface area contributed by atoms with E-state index in [9.17, 15) is 0 Å². The van der Waals surface area contributed by atoms with E-state index in [2.05, 4.69) is 26.1 Å². The third-order valence-electron chi connectivity index (χ3n) is 5.80. The summed E-state index contributed by atoms with van der Waals surface area (Å²) in [5.74, 6) is 3.89. The molecule has 118 valence electrons. The van der Waals surface area contributed by atoms with Gasteiger partial charge in [0, 0.05) is 6.04 Å². The monoisotopic (exact) mass is 279 g/mol. The van der Waals surface area contributed by atoms with E-state index in [0.717, 1.165) is 29.7 Å². The van der Waals surface area contributed by atoms with Gasteiger partial charge in [-0.25, -0.2) is 0 Å². The fourth-order valence-electron chi connectivity index (χ4n) is 4.89. The molecule has 0 spiro atoms. The normalized spacial score (nSPS) is 33.5. The highest BCUT2D eigenvalue weighted by Crippen LogP contribution is 2.37. The van der Waals surface area contributed by atoms with Crippen LogP contribution in [-0.4, -0.2) is 12.6 Å². The van der Waals surface area contributed by atoms with Gasteiger partial charge in [0.1, 0.15) is 0 Å². The first-order chi connectivity index (χ1) is 9.69. The second-order valence-electron chi connectivity index (χ2n) is 7.97. The molecule has 0 aromatic carbocycles. The molecule has 2 saturated carbocycles. The van der Waals surface area contributed by atoms with Gasteiger partial charge in [-0.2, -0.15) is 0 Å². The maximum Gasteiger partial charge on any atom is 0.00956 e. The van der Waals surface area contributed by atoms with E-state index in [1.807, 2.05) is 0 Å². The van der Waals surface area contributed by atoms with Crippen LogP contribution >= 0.6 is 0 Å². The van der Waals surface area contributed by atoms with Crippen LogP contribution in [0.5, 0.6) is 0 Å². The first-order valence-electron chi connectivity index (χ1n) is 9.42. The summed E-state index contributed by atoms with van der Waals surface area (Å²) in [5, 5.41) is 3.90. The maximum absolute atomic E-state index is 3.90. The van der Waals surface area contributed by atoms with Gasteiger partial charge in [0.05, 0.1) is 0 Å². The molecule has 2 fully saturated rings. The molecule has 2 aliphatic carbocycles. The van der Waals surface area contributed by atoms with Crippen LogP contribution in [0.3, 0.4) is 0 Å². The molecule has 0 aromatic heterocycles. The van der Waals surface area contributed by atoms with E-state index in [0.29, 0.717) is 0 Å². The fraction of sp³-hybridized carbons (Fsp3) is 1.00. The van der Waals surface area contributed by atoms with Gasteiger partial charge in [-0.15, -0.1) is 0 Å². The van der Waals surface area contributed by atoms with Gasteiger partial charge in [-0.1, -0.05) is 46.5 Å². The van der Waals surface area contributed by atoms with Gasteiger partial charge in [0.15, 0.2) is 0 Å². The molecule has 1 nitrogen and oxygen atoms in total. The minimum Gasteiger partial charge on any atom is -0.314 e. The van der Waals surface area contributed by atoms with Crippen molar-refractivity contribution >= 4 is 0 Å². The van der Waals surface area contributed by atoms with Gasteiger partial charge >= 0.3 is 0 Å². The summed E-state index contributed by atoms with van der Waals surface area (Å²) in [6.07, 6.45) is 14.6. The van der Waals surface area contributed by atoms with Crippen LogP contribution in [-0.2, 0) is 0 Å². The molecule has 1 N–H and O–H groups in total. The second kappa shape index (κ2) is 8.41. The maximum atomic E-state index is 3.90. The summed E-state index contributed by atoms with van der Waals surface area (Å²) in [5.41, 5.74) is 0. The third-order valence-corrected chi connectivity index (χ3v) is 5.80. The van der Waals surface area contributed by atoms with Crippen molar-refractivity contribution in [2.24, 2.45) is 23.7 Å². The van der Waals surface area contributed by atoms with Crippen molar-refractivity contribution in [3.05, 3.63) is 0 Å². The molecule has 2 aliphatic rings. The van der Waals surface area contributed by atoms with Crippen LogP contribution in [0, 0.1) is 23.7 Å². The van der Waals surface area contributed by atoms with E-state index in [1.165, 1.54) is 70.8 Å². The predicted octanol–water partition coefficient (Wildman–Crippen LogP) is 5.40. The third kappa shape index (κ3) is 5.06. The zero-order chi connectivity index (χ0) is 14.4. The summed E-state index contributed by atoms with van der Waals surface area (Å²) < 4.78 is 0. The van der Waals surface area contributed by atoms with E-state index in [4.69, 9.17) is 0 Å². The van der Waals surface area contributed by atoms with Crippen LogP contribution in [0.15, 0.2) is 0 Å². The molecule has 0 radical (unpaired) electrons. The highest BCUT2D eigenvalue weighted by atomic mass is 14.9. The SMILES string of the molecule is CCCNC(CCC1CCCC1)C1CC(C)CC(C)C1. The average Bonchev–Trinajstić information content (AvgIpc) is 2.91. The Balaban J connectivity index is 1.84. The molecule has 20 heavy (non-hydrogen) atoms. The van der Waals surface area contributed by atoms with Crippen LogP contribution in [0.2, 0.25) is 0 Å². The Morgan fingerprint density at radius 1 is 1.00 bits per heavy atom. The van der Waals surface area contributed by atoms with Crippen molar-refractivity contribution < 1.29 is 0 Å². The minimum absolute atomic E-state index is 0.806.